The number of amides is 1. The van der Waals surface area contributed by atoms with Crippen LogP contribution in [-0.4, -0.2) is 11.0 Å². The second-order valence-corrected chi connectivity index (χ2v) is 4.78. The van der Waals surface area contributed by atoms with Crippen molar-refractivity contribution in [3.8, 4) is 5.75 Å². The van der Waals surface area contributed by atoms with Crippen LogP contribution in [0.2, 0.25) is 0 Å². The van der Waals surface area contributed by atoms with Crippen LogP contribution in [0.4, 0.5) is 5.69 Å². The van der Waals surface area contributed by atoms with Crippen LogP contribution >= 0.6 is 0 Å². The molecule has 0 atom stereocenters. The van der Waals surface area contributed by atoms with Crippen LogP contribution < -0.4 is 5.32 Å². The molecule has 0 aliphatic rings. The first-order chi connectivity index (χ1) is 8.97. The predicted octanol–water partition coefficient (Wildman–Crippen LogP) is 3.57. The van der Waals surface area contributed by atoms with E-state index in [-0.39, 0.29) is 11.7 Å². The zero-order chi connectivity index (χ0) is 14.0. The molecule has 0 bridgehead atoms. The highest BCUT2D eigenvalue weighted by atomic mass is 16.3. The van der Waals surface area contributed by atoms with E-state index in [2.05, 4.69) is 5.32 Å². The standard InChI is InChI=1S/C16H17NO2/c1-10-5-4-6-13(7-10)16(19)17-14-8-11(2)15(18)12(3)9-14/h4-9,18H,1-3H3,(H,17,19). The summed E-state index contributed by atoms with van der Waals surface area (Å²) in [6, 6.07) is 11.0. The maximum Gasteiger partial charge on any atom is 0.255 e. The monoisotopic (exact) mass is 255 g/mol. The van der Waals surface area contributed by atoms with E-state index >= 15 is 0 Å². The van der Waals surface area contributed by atoms with Gasteiger partial charge in [-0.2, -0.15) is 0 Å². The maximum atomic E-state index is 12.1. The van der Waals surface area contributed by atoms with Gasteiger partial charge in [-0.3, -0.25) is 4.79 Å². The Kier molecular flexibility index (Phi) is 3.56. The number of benzene rings is 2. The van der Waals surface area contributed by atoms with Gasteiger partial charge in [0.25, 0.3) is 5.91 Å². The molecule has 0 aromatic heterocycles. The van der Waals surface area contributed by atoms with Crippen molar-refractivity contribution in [1.29, 1.82) is 0 Å². The summed E-state index contributed by atoms with van der Waals surface area (Å²) in [6.45, 7) is 5.57. The number of aromatic hydroxyl groups is 1. The number of phenolic OH excluding ortho intramolecular Hbond substituents is 1. The molecule has 0 heterocycles. The fourth-order valence-electron chi connectivity index (χ4n) is 2.02. The molecule has 98 valence electrons. The van der Waals surface area contributed by atoms with Crippen molar-refractivity contribution in [2.24, 2.45) is 0 Å². The predicted molar refractivity (Wildman–Crippen MR) is 76.7 cm³/mol. The van der Waals surface area contributed by atoms with Gasteiger partial charge in [0.05, 0.1) is 0 Å². The molecule has 1 amide bonds. The number of hydrogen-bond donors (Lipinski definition) is 2. The zero-order valence-electron chi connectivity index (χ0n) is 11.3. The van der Waals surface area contributed by atoms with Crippen LogP contribution in [-0.2, 0) is 0 Å². The summed E-state index contributed by atoms with van der Waals surface area (Å²) in [7, 11) is 0. The van der Waals surface area contributed by atoms with Crippen LogP contribution in [0.5, 0.6) is 5.75 Å². The van der Waals surface area contributed by atoms with E-state index in [0.717, 1.165) is 16.7 Å². The molecule has 0 fully saturated rings. The molecule has 2 N–H and O–H groups in total. The first-order valence-electron chi connectivity index (χ1n) is 6.15. The lowest BCUT2D eigenvalue weighted by molar-refractivity contribution is 0.102. The molecular weight excluding hydrogens is 238 g/mol. The van der Waals surface area contributed by atoms with Crippen LogP contribution in [0.1, 0.15) is 27.0 Å². The molecular formula is C16H17NO2. The van der Waals surface area contributed by atoms with Gasteiger partial charge in [-0.25, -0.2) is 0 Å². The summed E-state index contributed by atoms with van der Waals surface area (Å²) in [5.41, 5.74) is 3.87. The summed E-state index contributed by atoms with van der Waals surface area (Å²) in [4.78, 5) is 12.1. The van der Waals surface area contributed by atoms with Crippen molar-refractivity contribution in [1.82, 2.24) is 0 Å². The summed E-state index contributed by atoms with van der Waals surface area (Å²) < 4.78 is 0. The minimum absolute atomic E-state index is 0.145. The van der Waals surface area contributed by atoms with Gasteiger partial charge in [0.15, 0.2) is 0 Å². The molecule has 0 saturated carbocycles. The van der Waals surface area contributed by atoms with Gasteiger partial charge in [0.1, 0.15) is 5.75 Å². The zero-order valence-corrected chi connectivity index (χ0v) is 11.3. The molecule has 0 radical (unpaired) electrons. The third-order valence-corrected chi connectivity index (χ3v) is 3.03. The minimum atomic E-state index is -0.145. The molecule has 2 aromatic carbocycles. The number of hydrogen-bond acceptors (Lipinski definition) is 2. The van der Waals surface area contributed by atoms with Crippen molar-refractivity contribution < 1.29 is 9.90 Å². The van der Waals surface area contributed by atoms with Crippen LogP contribution in [0.25, 0.3) is 0 Å². The fourth-order valence-corrected chi connectivity index (χ4v) is 2.02. The molecule has 0 unspecified atom stereocenters. The summed E-state index contributed by atoms with van der Waals surface area (Å²) >= 11 is 0. The Bertz CT molecular complexity index is 609. The number of nitrogens with one attached hydrogen (secondary N) is 1. The highest BCUT2D eigenvalue weighted by molar-refractivity contribution is 6.04. The molecule has 3 nitrogen and oxygen atoms in total. The Labute approximate surface area is 112 Å². The lowest BCUT2D eigenvalue weighted by Gasteiger charge is -2.10. The molecule has 2 rings (SSSR count). The highest BCUT2D eigenvalue weighted by Gasteiger charge is 2.08. The van der Waals surface area contributed by atoms with Crippen molar-refractivity contribution in [3.63, 3.8) is 0 Å². The number of rotatable bonds is 2. The van der Waals surface area contributed by atoms with Gasteiger partial charge >= 0.3 is 0 Å². The van der Waals surface area contributed by atoms with E-state index in [4.69, 9.17) is 0 Å². The van der Waals surface area contributed by atoms with E-state index in [1.807, 2.05) is 39.0 Å². The van der Waals surface area contributed by atoms with Gasteiger partial charge in [0, 0.05) is 11.3 Å². The number of phenols is 1. The van der Waals surface area contributed by atoms with Crippen LogP contribution in [0, 0.1) is 20.8 Å². The maximum absolute atomic E-state index is 12.1. The Morgan fingerprint density at radius 1 is 1.05 bits per heavy atom. The Hall–Kier alpha value is -2.29. The smallest absolute Gasteiger partial charge is 0.255 e. The molecule has 3 heteroatoms. The lowest BCUT2D eigenvalue weighted by Crippen LogP contribution is -2.12. The lowest BCUT2D eigenvalue weighted by atomic mass is 10.1. The highest BCUT2D eigenvalue weighted by Crippen LogP contribution is 2.25. The SMILES string of the molecule is Cc1cccc(C(=O)Nc2cc(C)c(O)c(C)c2)c1. The van der Waals surface area contributed by atoms with E-state index < -0.39 is 0 Å². The molecule has 0 aliphatic heterocycles. The normalized spacial score (nSPS) is 10.3. The average molecular weight is 255 g/mol. The molecule has 0 saturated heterocycles. The van der Waals surface area contributed by atoms with E-state index in [0.29, 0.717) is 11.3 Å². The second kappa shape index (κ2) is 5.14. The Morgan fingerprint density at radius 2 is 1.68 bits per heavy atom. The Morgan fingerprint density at radius 3 is 2.26 bits per heavy atom. The van der Waals surface area contributed by atoms with E-state index in [1.165, 1.54) is 0 Å². The van der Waals surface area contributed by atoms with Crippen LogP contribution in [0.15, 0.2) is 36.4 Å². The topological polar surface area (TPSA) is 49.3 Å². The number of aryl methyl sites for hydroxylation is 3. The van der Waals surface area contributed by atoms with Gasteiger partial charge in [-0.1, -0.05) is 17.7 Å². The summed E-state index contributed by atoms with van der Waals surface area (Å²) in [5.74, 6) is 0.127. The van der Waals surface area contributed by atoms with Crippen molar-refractivity contribution >= 4 is 11.6 Å². The number of carbonyl (C=O) groups is 1. The summed E-state index contributed by atoms with van der Waals surface area (Å²) in [6.07, 6.45) is 0. The quantitative estimate of drug-likeness (QED) is 0.806. The van der Waals surface area contributed by atoms with Crippen molar-refractivity contribution in [2.75, 3.05) is 5.32 Å². The van der Waals surface area contributed by atoms with Crippen molar-refractivity contribution in [3.05, 3.63) is 58.7 Å². The fraction of sp³-hybridized carbons (Fsp3) is 0.188. The molecule has 2 aromatic rings. The first kappa shape index (κ1) is 13.1. The average Bonchev–Trinajstić information content (AvgIpc) is 2.36. The second-order valence-electron chi connectivity index (χ2n) is 4.78. The minimum Gasteiger partial charge on any atom is -0.507 e. The van der Waals surface area contributed by atoms with Gasteiger partial charge in [-0.05, 0) is 56.2 Å². The first-order valence-corrected chi connectivity index (χ1v) is 6.15. The van der Waals surface area contributed by atoms with Crippen molar-refractivity contribution in [2.45, 2.75) is 20.8 Å². The largest absolute Gasteiger partial charge is 0.507 e. The van der Waals surface area contributed by atoms with Gasteiger partial charge in [-0.15, -0.1) is 0 Å². The third-order valence-electron chi connectivity index (χ3n) is 3.03. The molecule has 19 heavy (non-hydrogen) atoms. The third kappa shape index (κ3) is 2.94. The van der Waals surface area contributed by atoms with Gasteiger partial charge < -0.3 is 10.4 Å². The molecule has 0 spiro atoms. The van der Waals surface area contributed by atoms with Gasteiger partial charge in [0.2, 0.25) is 0 Å². The molecule has 0 aliphatic carbocycles. The van der Waals surface area contributed by atoms with E-state index in [1.54, 1.807) is 18.2 Å². The van der Waals surface area contributed by atoms with Crippen LogP contribution in [0.3, 0.4) is 0 Å². The number of anilines is 1. The number of carbonyl (C=O) groups excluding carboxylic acids is 1. The van der Waals surface area contributed by atoms with E-state index in [9.17, 15) is 9.90 Å². The summed E-state index contributed by atoms with van der Waals surface area (Å²) in [5, 5.41) is 12.5. The Balaban J connectivity index is 2.24.